The molecule has 6 heteroatoms. The predicted molar refractivity (Wildman–Crippen MR) is 42.9 cm³/mol. The van der Waals surface area contributed by atoms with E-state index < -0.39 is 5.91 Å². The van der Waals surface area contributed by atoms with Gasteiger partial charge in [0, 0.05) is 0 Å². The molecule has 0 aliphatic heterocycles. The molecule has 0 aromatic carbocycles. The summed E-state index contributed by atoms with van der Waals surface area (Å²) in [7, 11) is 0. The maximum absolute atomic E-state index is 11.1. The highest BCUT2D eigenvalue weighted by Gasteiger charge is 2.16. The van der Waals surface area contributed by atoms with Crippen LogP contribution in [0.15, 0.2) is 10.7 Å². The number of amides is 1. The van der Waals surface area contributed by atoms with E-state index >= 15 is 0 Å². The molecule has 1 rings (SSSR count). The Morgan fingerprint density at radius 3 is 2.75 bits per heavy atom. The van der Waals surface area contributed by atoms with Crippen molar-refractivity contribution in [2.45, 2.75) is 6.92 Å². The summed E-state index contributed by atoms with van der Waals surface area (Å²) in [4.78, 5) is 11.1. The van der Waals surface area contributed by atoms with Crippen molar-refractivity contribution >= 4 is 11.6 Å². The molecule has 1 aromatic rings. The van der Waals surface area contributed by atoms with Gasteiger partial charge in [-0.15, -0.1) is 0 Å². The summed E-state index contributed by atoms with van der Waals surface area (Å²) in [6, 6.07) is 0. The lowest BCUT2D eigenvalue weighted by molar-refractivity contribution is 0.0953. The van der Waals surface area contributed by atoms with Gasteiger partial charge >= 0.3 is 0 Å². The van der Waals surface area contributed by atoms with Crippen molar-refractivity contribution in [1.82, 2.24) is 5.43 Å². The molecule has 0 radical (unpaired) electrons. The van der Waals surface area contributed by atoms with Crippen LogP contribution in [0, 0.1) is 6.92 Å². The molecule has 0 atom stereocenters. The molecule has 66 valence electrons. The zero-order valence-corrected chi connectivity index (χ0v) is 6.55. The summed E-state index contributed by atoms with van der Waals surface area (Å²) in [6.07, 6.45) is 1.35. The van der Waals surface area contributed by atoms with Crippen LogP contribution in [-0.2, 0) is 0 Å². The van der Waals surface area contributed by atoms with Crippen LogP contribution in [0.3, 0.4) is 0 Å². The molecular formula is C6H10N4O2. The number of nitrogens with two attached hydrogens (primary N) is 2. The smallest absolute Gasteiger partial charge is 0.270 e. The minimum Gasteiger partial charge on any atom is -0.467 e. The number of nitrogens with one attached hydrogen (secondary N) is 2. The molecule has 6 N–H and O–H groups in total. The molecule has 0 aliphatic carbocycles. The Morgan fingerprint density at radius 2 is 2.25 bits per heavy atom. The Kier molecular flexibility index (Phi) is 2.32. The normalized spacial score (nSPS) is 9.58. The number of nitrogen functional groups attached to an aromatic ring is 2. The van der Waals surface area contributed by atoms with Gasteiger partial charge in [-0.25, -0.2) is 5.84 Å². The first-order valence-corrected chi connectivity index (χ1v) is 3.26. The van der Waals surface area contributed by atoms with Crippen LogP contribution in [0.1, 0.15) is 16.1 Å². The van der Waals surface area contributed by atoms with Gasteiger partial charge in [0.25, 0.3) is 5.91 Å². The molecule has 0 saturated heterocycles. The van der Waals surface area contributed by atoms with Crippen LogP contribution in [0.2, 0.25) is 0 Å². The van der Waals surface area contributed by atoms with E-state index in [1.165, 1.54) is 6.26 Å². The molecule has 0 spiro atoms. The maximum Gasteiger partial charge on any atom is 0.270 e. The monoisotopic (exact) mass is 170 g/mol. The van der Waals surface area contributed by atoms with Gasteiger partial charge in [0.05, 0.1) is 0 Å². The third kappa shape index (κ3) is 1.25. The summed E-state index contributed by atoms with van der Waals surface area (Å²) in [5, 5.41) is 0. The summed E-state index contributed by atoms with van der Waals surface area (Å²) in [6.45, 7) is 1.64. The van der Waals surface area contributed by atoms with Crippen LogP contribution in [0.4, 0.5) is 5.69 Å². The van der Waals surface area contributed by atoms with E-state index in [0.717, 1.165) is 0 Å². The largest absolute Gasteiger partial charge is 0.467 e. The summed E-state index contributed by atoms with van der Waals surface area (Å²) >= 11 is 0. The Labute approximate surface area is 68.8 Å². The Bertz CT molecular complexity index is 294. The van der Waals surface area contributed by atoms with Crippen molar-refractivity contribution in [2.75, 3.05) is 5.43 Å². The SMILES string of the molecule is Cc1occ(NN)c1C(=O)NN. The van der Waals surface area contributed by atoms with Gasteiger partial charge in [0.1, 0.15) is 23.3 Å². The second kappa shape index (κ2) is 3.24. The van der Waals surface area contributed by atoms with Gasteiger partial charge < -0.3 is 9.84 Å². The van der Waals surface area contributed by atoms with Crippen LogP contribution in [0.25, 0.3) is 0 Å². The lowest BCUT2D eigenvalue weighted by Crippen LogP contribution is -2.31. The second-order valence-electron chi connectivity index (χ2n) is 2.20. The van der Waals surface area contributed by atoms with E-state index in [2.05, 4.69) is 5.43 Å². The molecule has 0 aliphatic rings. The van der Waals surface area contributed by atoms with E-state index in [-0.39, 0.29) is 0 Å². The quantitative estimate of drug-likeness (QED) is 0.271. The van der Waals surface area contributed by atoms with Crippen molar-refractivity contribution < 1.29 is 9.21 Å². The van der Waals surface area contributed by atoms with Gasteiger partial charge in [0.2, 0.25) is 0 Å². The highest BCUT2D eigenvalue weighted by molar-refractivity contribution is 6.00. The van der Waals surface area contributed by atoms with Gasteiger partial charge in [-0.2, -0.15) is 0 Å². The highest BCUT2D eigenvalue weighted by Crippen LogP contribution is 2.20. The molecule has 0 bridgehead atoms. The molecule has 1 heterocycles. The first kappa shape index (κ1) is 8.57. The number of aryl methyl sites for hydroxylation is 1. The maximum atomic E-state index is 11.1. The van der Waals surface area contributed by atoms with Crippen molar-refractivity contribution in [3.8, 4) is 0 Å². The second-order valence-corrected chi connectivity index (χ2v) is 2.20. The van der Waals surface area contributed by atoms with E-state index in [9.17, 15) is 4.79 Å². The van der Waals surface area contributed by atoms with E-state index in [1.54, 1.807) is 6.92 Å². The minimum atomic E-state index is -0.436. The molecule has 0 fully saturated rings. The number of hydrogen-bond donors (Lipinski definition) is 4. The molecule has 1 aromatic heterocycles. The average Bonchev–Trinajstić information content (AvgIpc) is 2.45. The lowest BCUT2D eigenvalue weighted by atomic mass is 10.2. The third-order valence-electron chi connectivity index (χ3n) is 1.49. The average molecular weight is 170 g/mol. The summed E-state index contributed by atoms with van der Waals surface area (Å²) < 4.78 is 4.95. The van der Waals surface area contributed by atoms with Crippen LogP contribution in [0.5, 0.6) is 0 Å². The van der Waals surface area contributed by atoms with Crippen molar-refractivity contribution in [1.29, 1.82) is 0 Å². The molecule has 12 heavy (non-hydrogen) atoms. The van der Waals surface area contributed by atoms with Gasteiger partial charge in [-0.3, -0.25) is 16.1 Å². The fourth-order valence-electron chi connectivity index (χ4n) is 0.915. The predicted octanol–water partition coefficient (Wildman–Crippen LogP) is -0.523. The topological polar surface area (TPSA) is 106 Å². The lowest BCUT2D eigenvalue weighted by Gasteiger charge is -2.00. The van der Waals surface area contributed by atoms with Crippen molar-refractivity contribution in [3.63, 3.8) is 0 Å². The van der Waals surface area contributed by atoms with Gasteiger partial charge in [-0.05, 0) is 6.92 Å². The number of rotatable bonds is 2. The standard InChI is InChI=1S/C6H10N4O2/c1-3-5(6(11)10-8)4(9-7)2-12-3/h2,9H,7-8H2,1H3,(H,10,11). The first-order chi connectivity index (χ1) is 5.70. The first-order valence-electron chi connectivity index (χ1n) is 3.26. The molecule has 1 amide bonds. The zero-order valence-electron chi connectivity index (χ0n) is 6.55. The number of carbonyl (C=O) groups is 1. The van der Waals surface area contributed by atoms with E-state index in [1.807, 2.05) is 5.43 Å². The van der Waals surface area contributed by atoms with Gasteiger partial charge in [-0.1, -0.05) is 0 Å². The fraction of sp³-hybridized carbons (Fsp3) is 0.167. The Morgan fingerprint density at radius 1 is 1.58 bits per heavy atom. The van der Waals surface area contributed by atoms with E-state index in [0.29, 0.717) is 17.0 Å². The summed E-state index contributed by atoms with van der Waals surface area (Å²) in [5.41, 5.74) is 5.04. The number of hydrogen-bond acceptors (Lipinski definition) is 5. The molecule has 6 nitrogen and oxygen atoms in total. The number of anilines is 1. The van der Waals surface area contributed by atoms with Crippen LogP contribution >= 0.6 is 0 Å². The van der Waals surface area contributed by atoms with Crippen LogP contribution < -0.4 is 22.5 Å². The van der Waals surface area contributed by atoms with Gasteiger partial charge in [0.15, 0.2) is 0 Å². The zero-order chi connectivity index (χ0) is 9.14. The molecule has 0 unspecified atom stereocenters. The fourth-order valence-corrected chi connectivity index (χ4v) is 0.915. The number of furan rings is 1. The Hall–Kier alpha value is -1.53. The van der Waals surface area contributed by atoms with E-state index in [4.69, 9.17) is 16.1 Å². The van der Waals surface area contributed by atoms with Crippen molar-refractivity contribution in [2.24, 2.45) is 11.7 Å². The van der Waals surface area contributed by atoms with Crippen LogP contribution in [-0.4, -0.2) is 5.91 Å². The molecular weight excluding hydrogens is 160 g/mol. The molecule has 0 saturated carbocycles. The highest BCUT2D eigenvalue weighted by atomic mass is 16.3. The minimum absolute atomic E-state index is 0.319. The summed E-state index contributed by atoms with van der Waals surface area (Å²) in [5.74, 6) is 10.1. The van der Waals surface area contributed by atoms with Crippen molar-refractivity contribution in [3.05, 3.63) is 17.6 Å². The Balaban J connectivity index is 3.10. The third-order valence-corrected chi connectivity index (χ3v) is 1.49. The number of carbonyl (C=O) groups excluding carboxylic acids is 1. The number of hydrazine groups is 2.